The maximum Gasteiger partial charge on any atom is 0.255 e. The summed E-state index contributed by atoms with van der Waals surface area (Å²) in [4.78, 5) is 12.8. The number of anilines is 1. The number of halogens is 1. The first-order valence-electron chi connectivity index (χ1n) is 10.2. The van der Waals surface area contributed by atoms with Crippen molar-refractivity contribution in [3.05, 3.63) is 65.9 Å². The quantitative estimate of drug-likeness (QED) is 0.643. The molecule has 4 rings (SSSR count). The normalized spacial score (nSPS) is 18.5. The Balaban J connectivity index is 0.00000256. The minimum absolute atomic E-state index is 0. The molecule has 1 aliphatic heterocycles. The molecular weight excluding hydrogens is 398 g/mol. The second-order valence-corrected chi connectivity index (χ2v) is 8.04. The van der Waals surface area contributed by atoms with Crippen molar-refractivity contribution in [3.63, 3.8) is 0 Å². The summed E-state index contributed by atoms with van der Waals surface area (Å²) in [5.41, 5.74) is 4.04. The number of carbonyl (C=O) groups excluding carboxylic acids is 1. The van der Waals surface area contributed by atoms with Crippen molar-refractivity contribution in [1.82, 2.24) is 20.3 Å². The molecule has 2 unspecified atom stereocenters. The fraction of sp³-hybridized carbons (Fsp3) is 0.348. The van der Waals surface area contributed by atoms with Crippen LogP contribution in [0.15, 0.2) is 54.7 Å². The predicted molar refractivity (Wildman–Crippen MR) is 122 cm³/mol. The smallest absolute Gasteiger partial charge is 0.255 e. The summed E-state index contributed by atoms with van der Waals surface area (Å²) in [6.07, 6.45) is 3.18. The number of rotatable bonds is 5. The molecule has 2 N–H and O–H groups in total. The van der Waals surface area contributed by atoms with E-state index in [9.17, 15) is 4.79 Å². The van der Waals surface area contributed by atoms with E-state index in [4.69, 9.17) is 0 Å². The molecular formula is C23H28ClN5O. The van der Waals surface area contributed by atoms with Crippen LogP contribution in [0.3, 0.4) is 0 Å². The number of piperidine rings is 1. The van der Waals surface area contributed by atoms with Crippen LogP contribution >= 0.6 is 12.4 Å². The highest BCUT2D eigenvalue weighted by Gasteiger charge is 2.20. The Morgan fingerprint density at radius 3 is 2.77 bits per heavy atom. The number of amides is 1. The van der Waals surface area contributed by atoms with Crippen LogP contribution in [0.25, 0.3) is 11.3 Å². The molecule has 2 atom stereocenters. The van der Waals surface area contributed by atoms with Crippen LogP contribution in [0.2, 0.25) is 0 Å². The Labute approximate surface area is 183 Å². The van der Waals surface area contributed by atoms with E-state index in [-0.39, 0.29) is 18.3 Å². The molecule has 2 aromatic carbocycles. The second kappa shape index (κ2) is 9.87. The van der Waals surface area contributed by atoms with Gasteiger partial charge in [-0.05, 0) is 62.0 Å². The summed E-state index contributed by atoms with van der Waals surface area (Å²) in [7, 11) is 0. The van der Waals surface area contributed by atoms with E-state index < -0.39 is 0 Å². The van der Waals surface area contributed by atoms with Gasteiger partial charge in [-0.2, -0.15) is 0 Å². The topological polar surface area (TPSA) is 71.8 Å². The molecule has 3 aromatic rings. The van der Waals surface area contributed by atoms with Gasteiger partial charge in [-0.1, -0.05) is 42.5 Å². The van der Waals surface area contributed by atoms with Crippen LogP contribution in [0.1, 0.15) is 29.3 Å². The lowest BCUT2D eigenvalue weighted by Gasteiger charge is -2.27. The van der Waals surface area contributed by atoms with Gasteiger partial charge in [-0.25, -0.2) is 0 Å². The third kappa shape index (κ3) is 5.26. The lowest BCUT2D eigenvalue weighted by atomic mass is 9.92. The first-order valence-corrected chi connectivity index (χ1v) is 10.2. The third-order valence-corrected chi connectivity index (χ3v) is 5.46. The van der Waals surface area contributed by atoms with Crippen LogP contribution in [0.4, 0.5) is 5.69 Å². The summed E-state index contributed by atoms with van der Waals surface area (Å²) in [6, 6.07) is 15.3. The number of aromatic nitrogens is 3. The number of aryl methyl sites for hydroxylation is 1. The van der Waals surface area contributed by atoms with Crippen molar-refractivity contribution in [2.24, 2.45) is 11.8 Å². The van der Waals surface area contributed by atoms with E-state index in [2.05, 4.69) is 27.9 Å². The van der Waals surface area contributed by atoms with Crippen molar-refractivity contribution < 1.29 is 4.79 Å². The maximum atomic E-state index is 12.8. The van der Waals surface area contributed by atoms with E-state index in [1.165, 1.54) is 6.42 Å². The third-order valence-electron chi connectivity index (χ3n) is 5.46. The lowest BCUT2D eigenvalue weighted by Crippen LogP contribution is -2.37. The highest BCUT2D eigenvalue weighted by molar-refractivity contribution is 6.05. The van der Waals surface area contributed by atoms with Gasteiger partial charge in [0.15, 0.2) is 0 Å². The zero-order valence-corrected chi connectivity index (χ0v) is 18.2. The first kappa shape index (κ1) is 22.0. The molecule has 0 saturated carbocycles. The molecule has 158 valence electrons. The fourth-order valence-electron chi connectivity index (χ4n) is 3.94. The molecule has 1 aromatic heterocycles. The van der Waals surface area contributed by atoms with Gasteiger partial charge >= 0.3 is 0 Å². The van der Waals surface area contributed by atoms with Crippen LogP contribution < -0.4 is 10.6 Å². The molecule has 0 spiro atoms. The maximum absolute atomic E-state index is 12.8. The van der Waals surface area contributed by atoms with E-state index in [0.29, 0.717) is 17.4 Å². The van der Waals surface area contributed by atoms with Crippen molar-refractivity contribution in [3.8, 4) is 11.3 Å². The molecule has 1 saturated heterocycles. The molecule has 0 aliphatic carbocycles. The Hall–Kier alpha value is -2.70. The molecule has 6 nitrogen and oxygen atoms in total. The number of hydrogen-bond acceptors (Lipinski definition) is 4. The number of hydrogen-bond donors (Lipinski definition) is 2. The van der Waals surface area contributed by atoms with E-state index >= 15 is 0 Å². The standard InChI is InChI=1S/C23H27N5O.ClH/c1-16-10-18(13-24-12-16)14-28-15-22(26-27-28)19-9-8-17(2)21(11-19)23(29)25-20-6-4-3-5-7-20;/h3-9,11,15-16,18,24H,10,12-14H2,1-2H3,(H,25,29);1H. The molecule has 0 bridgehead atoms. The minimum atomic E-state index is -0.120. The molecule has 1 fully saturated rings. The van der Waals surface area contributed by atoms with Crippen LogP contribution in [0.5, 0.6) is 0 Å². The van der Waals surface area contributed by atoms with Crippen LogP contribution in [-0.2, 0) is 6.54 Å². The van der Waals surface area contributed by atoms with E-state index in [1.807, 2.05) is 66.3 Å². The Morgan fingerprint density at radius 1 is 1.20 bits per heavy atom. The van der Waals surface area contributed by atoms with Gasteiger partial charge in [-0.15, -0.1) is 17.5 Å². The van der Waals surface area contributed by atoms with Crippen molar-refractivity contribution >= 4 is 24.0 Å². The molecule has 7 heteroatoms. The van der Waals surface area contributed by atoms with Gasteiger partial charge in [0, 0.05) is 23.4 Å². The summed E-state index contributed by atoms with van der Waals surface area (Å²) in [5, 5.41) is 15.1. The average Bonchev–Trinajstić information content (AvgIpc) is 3.17. The van der Waals surface area contributed by atoms with Gasteiger partial charge in [0.25, 0.3) is 5.91 Å². The minimum Gasteiger partial charge on any atom is -0.322 e. The van der Waals surface area contributed by atoms with Gasteiger partial charge in [0.1, 0.15) is 5.69 Å². The number of para-hydroxylation sites is 1. The van der Waals surface area contributed by atoms with Gasteiger partial charge in [0.05, 0.1) is 6.20 Å². The van der Waals surface area contributed by atoms with Gasteiger partial charge < -0.3 is 10.6 Å². The highest BCUT2D eigenvalue weighted by Crippen LogP contribution is 2.23. The SMILES string of the molecule is Cc1ccc(-c2cn(CC3CNCC(C)C3)nn2)cc1C(=O)Nc1ccccc1.Cl. The Bertz CT molecular complexity index is 988. The Kier molecular flexibility index (Phi) is 7.24. The number of nitrogens with one attached hydrogen (secondary N) is 2. The Morgan fingerprint density at radius 2 is 2.00 bits per heavy atom. The van der Waals surface area contributed by atoms with Crippen molar-refractivity contribution in [2.75, 3.05) is 18.4 Å². The fourth-order valence-corrected chi connectivity index (χ4v) is 3.94. The molecule has 2 heterocycles. The predicted octanol–water partition coefficient (Wildman–Crippen LogP) is 4.17. The first-order chi connectivity index (χ1) is 14.1. The molecule has 30 heavy (non-hydrogen) atoms. The van der Waals surface area contributed by atoms with Gasteiger partial charge in [-0.3, -0.25) is 9.48 Å². The van der Waals surface area contributed by atoms with E-state index in [0.717, 1.165) is 42.1 Å². The lowest BCUT2D eigenvalue weighted by molar-refractivity contribution is 0.102. The zero-order chi connectivity index (χ0) is 20.2. The molecule has 1 amide bonds. The highest BCUT2D eigenvalue weighted by atomic mass is 35.5. The summed E-state index contributed by atoms with van der Waals surface area (Å²) < 4.78 is 1.92. The van der Waals surface area contributed by atoms with Crippen LogP contribution in [-0.4, -0.2) is 34.0 Å². The van der Waals surface area contributed by atoms with Crippen molar-refractivity contribution in [2.45, 2.75) is 26.8 Å². The largest absolute Gasteiger partial charge is 0.322 e. The molecule has 0 radical (unpaired) electrons. The number of carbonyl (C=O) groups is 1. The monoisotopic (exact) mass is 425 g/mol. The number of nitrogens with zero attached hydrogens (tertiary/aromatic N) is 3. The average molecular weight is 426 g/mol. The number of benzene rings is 2. The van der Waals surface area contributed by atoms with E-state index in [1.54, 1.807) is 0 Å². The zero-order valence-electron chi connectivity index (χ0n) is 17.3. The second-order valence-electron chi connectivity index (χ2n) is 8.04. The van der Waals surface area contributed by atoms with Crippen molar-refractivity contribution in [1.29, 1.82) is 0 Å². The van der Waals surface area contributed by atoms with Gasteiger partial charge in [0.2, 0.25) is 0 Å². The summed E-state index contributed by atoms with van der Waals surface area (Å²) >= 11 is 0. The van der Waals surface area contributed by atoms with Crippen LogP contribution in [0, 0.1) is 18.8 Å². The summed E-state index contributed by atoms with van der Waals surface area (Å²) in [5.74, 6) is 1.14. The summed E-state index contributed by atoms with van der Waals surface area (Å²) in [6.45, 7) is 7.19. The molecule has 1 aliphatic rings.